The van der Waals surface area contributed by atoms with Crippen LogP contribution in [0.1, 0.15) is 21.5 Å². The molecular weight excluding hydrogens is 359 g/mol. The van der Waals surface area contributed by atoms with E-state index in [0.29, 0.717) is 29.1 Å². The number of rotatable bonds is 6. The van der Waals surface area contributed by atoms with Crippen molar-refractivity contribution in [3.05, 3.63) is 95.7 Å². The fourth-order valence-corrected chi connectivity index (χ4v) is 2.76. The lowest BCUT2D eigenvalue weighted by molar-refractivity contribution is 0.0950. The molecule has 0 aliphatic rings. The Balaban J connectivity index is 1.37. The van der Waals surface area contributed by atoms with Crippen LogP contribution in [-0.4, -0.2) is 20.5 Å². The van der Waals surface area contributed by atoms with Gasteiger partial charge in [0.25, 0.3) is 5.91 Å². The molecule has 0 saturated heterocycles. The van der Waals surface area contributed by atoms with Crippen LogP contribution < -0.4 is 10.1 Å². The molecule has 0 aliphatic carbocycles. The maximum atomic E-state index is 13.7. The molecule has 1 amide bonds. The van der Waals surface area contributed by atoms with E-state index in [1.165, 1.54) is 12.4 Å². The Morgan fingerprint density at radius 2 is 2.00 bits per heavy atom. The molecule has 7 heteroatoms. The second-order valence-electron chi connectivity index (χ2n) is 6.19. The van der Waals surface area contributed by atoms with Gasteiger partial charge < -0.3 is 10.1 Å². The predicted octanol–water partition coefficient (Wildman–Crippen LogP) is 3.38. The number of fused-ring (bicyclic) bond motifs is 1. The van der Waals surface area contributed by atoms with E-state index in [1.54, 1.807) is 47.1 Å². The van der Waals surface area contributed by atoms with Gasteiger partial charge in [0.1, 0.15) is 24.5 Å². The minimum Gasteiger partial charge on any atom is -0.489 e. The lowest BCUT2D eigenvalue weighted by atomic mass is 10.2. The molecular formula is C21H17FN4O2. The number of amides is 1. The maximum absolute atomic E-state index is 13.7. The number of benzene rings is 2. The predicted molar refractivity (Wildman–Crippen MR) is 101 cm³/mol. The van der Waals surface area contributed by atoms with Gasteiger partial charge in [0, 0.05) is 18.3 Å². The van der Waals surface area contributed by atoms with E-state index in [1.807, 2.05) is 18.2 Å². The van der Waals surface area contributed by atoms with Crippen LogP contribution in [0, 0.1) is 5.82 Å². The fourth-order valence-electron chi connectivity index (χ4n) is 2.76. The first-order valence-corrected chi connectivity index (χ1v) is 8.72. The van der Waals surface area contributed by atoms with Gasteiger partial charge in [-0.1, -0.05) is 30.3 Å². The normalized spacial score (nSPS) is 10.8. The molecule has 1 N–H and O–H groups in total. The van der Waals surface area contributed by atoms with E-state index in [0.717, 1.165) is 5.56 Å². The number of nitrogens with one attached hydrogen (secondary N) is 1. The number of hydrogen-bond acceptors (Lipinski definition) is 4. The summed E-state index contributed by atoms with van der Waals surface area (Å²) in [7, 11) is 0. The molecule has 4 aromatic rings. The van der Waals surface area contributed by atoms with Crippen LogP contribution in [0.5, 0.6) is 5.75 Å². The molecule has 0 aliphatic heterocycles. The monoisotopic (exact) mass is 376 g/mol. The zero-order chi connectivity index (χ0) is 19.3. The van der Waals surface area contributed by atoms with Crippen molar-refractivity contribution in [2.75, 3.05) is 0 Å². The van der Waals surface area contributed by atoms with Gasteiger partial charge in [-0.3, -0.25) is 4.79 Å². The van der Waals surface area contributed by atoms with E-state index in [9.17, 15) is 9.18 Å². The smallest absolute Gasteiger partial charge is 0.253 e. The SMILES string of the molecule is O=C(NCc1cccc(OCc2ccccc2F)c1)c1ccc2ncnn2c1. The summed E-state index contributed by atoms with van der Waals surface area (Å²) in [6, 6.07) is 17.3. The molecule has 0 unspecified atom stereocenters. The largest absolute Gasteiger partial charge is 0.489 e. The highest BCUT2D eigenvalue weighted by Gasteiger charge is 2.08. The van der Waals surface area contributed by atoms with Crippen LogP contribution in [0.3, 0.4) is 0 Å². The first-order valence-electron chi connectivity index (χ1n) is 8.72. The highest BCUT2D eigenvalue weighted by atomic mass is 19.1. The van der Waals surface area contributed by atoms with Crippen molar-refractivity contribution < 1.29 is 13.9 Å². The Labute approximate surface area is 160 Å². The number of carbonyl (C=O) groups excluding carboxylic acids is 1. The standard InChI is InChI=1S/C21H17FN4O2/c22-19-7-2-1-5-17(19)13-28-18-6-3-4-15(10-18)11-23-21(27)16-8-9-20-24-14-25-26(20)12-16/h1-10,12,14H,11,13H2,(H,23,27). The van der Waals surface area contributed by atoms with Gasteiger partial charge in [-0.25, -0.2) is 13.9 Å². The van der Waals surface area contributed by atoms with E-state index < -0.39 is 0 Å². The number of aromatic nitrogens is 3. The molecule has 0 fully saturated rings. The third-order valence-electron chi connectivity index (χ3n) is 4.24. The van der Waals surface area contributed by atoms with Gasteiger partial charge in [0.15, 0.2) is 5.65 Å². The number of carbonyl (C=O) groups is 1. The van der Waals surface area contributed by atoms with Crippen molar-refractivity contribution in [3.63, 3.8) is 0 Å². The molecule has 2 heterocycles. The molecule has 0 radical (unpaired) electrons. The number of pyridine rings is 1. The summed E-state index contributed by atoms with van der Waals surface area (Å²) in [5.74, 6) is 0.101. The molecule has 140 valence electrons. The molecule has 4 rings (SSSR count). The molecule has 2 aromatic carbocycles. The van der Waals surface area contributed by atoms with Crippen LogP contribution >= 0.6 is 0 Å². The molecule has 0 atom stereocenters. The number of halogens is 1. The van der Waals surface area contributed by atoms with Crippen molar-refractivity contribution in [3.8, 4) is 5.75 Å². The van der Waals surface area contributed by atoms with Crippen LogP contribution in [0.2, 0.25) is 0 Å². The topological polar surface area (TPSA) is 68.5 Å². The summed E-state index contributed by atoms with van der Waals surface area (Å²) in [5.41, 5.74) is 2.53. The average Bonchev–Trinajstić information content (AvgIpc) is 3.19. The first-order chi connectivity index (χ1) is 13.7. The number of nitrogens with zero attached hydrogens (tertiary/aromatic N) is 3. The van der Waals surface area contributed by atoms with Gasteiger partial charge >= 0.3 is 0 Å². The lowest BCUT2D eigenvalue weighted by Gasteiger charge is -2.10. The van der Waals surface area contributed by atoms with Crippen LogP contribution in [0.25, 0.3) is 5.65 Å². The lowest BCUT2D eigenvalue weighted by Crippen LogP contribution is -2.23. The average molecular weight is 376 g/mol. The zero-order valence-electron chi connectivity index (χ0n) is 14.9. The third kappa shape index (κ3) is 3.98. The summed E-state index contributed by atoms with van der Waals surface area (Å²) < 4.78 is 20.9. The Bertz CT molecular complexity index is 1130. The van der Waals surface area contributed by atoms with Crippen molar-refractivity contribution in [1.29, 1.82) is 0 Å². The van der Waals surface area contributed by atoms with Gasteiger partial charge in [0.05, 0.1) is 5.56 Å². The van der Waals surface area contributed by atoms with Crippen molar-refractivity contribution in [2.45, 2.75) is 13.2 Å². The quantitative estimate of drug-likeness (QED) is 0.560. The molecule has 28 heavy (non-hydrogen) atoms. The van der Waals surface area contributed by atoms with E-state index in [-0.39, 0.29) is 18.3 Å². The Morgan fingerprint density at radius 3 is 2.89 bits per heavy atom. The number of ether oxygens (including phenoxy) is 1. The summed E-state index contributed by atoms with van der Waals surface area (Å²) in [5, 5.41) is 6.89. The molecule has 0 spiro atoms. The van der Waals surface area contributed by atoms with Crippen molar-refractivity contribution >= 4 is 11.6 Å². The summed E-state index contributed by atoms with van der Waals surface area (Å²) in [6.07, 6.45) is 3.06. The minimum absolute atomic E-state index is 0.139. The summed E-state index contributed by atoms with van der Waals surface area (Å²) >= 11 is 0. The summed E-state index contributed by atoms with van der Waals surface area (Å²) in [4.78, 5) is 16.4. The van der Waals surface area contributed by atoms with Crippen molar-refractivity contribution in [1.82, 2.24) is 19.9 Å². The van der Waals surface area contributed by atoms with Gasteiger partial charge in [0.2, 0.25) is 0 Å². The van der Waals surface area contributed by atoms with E-state index in [4.69, 9.17) is 4.74 Å². The molecule has 0 saturated carbocycles. The van der Waals surface area contributed by atoms with Gasteiger partial charge in [-0.2, -0.15) is 5.10 Å². The van der Waals surface area contributed by atoms with Crippen LogP contribution in [-0.2, 0) is 13.2 Å². The van der Waals surface area contributed by atoms with Gasteiger partial charge in [-0.15, -0.1) is 0 Å². The third-order valence-corrected chi connectivity index (χ3v) is 4.24. The van der Waals surface area contributed by atoms with E-state index >= 15 is 0 Å². The molecule has 2 aromatic heterocycles. The van der Waals surface area contributed by atoms with Crippen molar-refractivity contribution in [2.24, 2.45) is 0 Å². The minimum atomic E-state index is -0.296. The van der Waals surface area contributed by atoms with Crippen LogP contribution in [0.15, 0.2) is 73.2 Å². The highest BCUT2D eigenvalue weighted by molar-refractivity contribution is 5.94. The maximum Gasteiger partial charge on any atom is 0.253 e. The molecule has 6 nitrogen and oxygen atoms in total. The Hall–Kier alpha value is -3.74. The zero-order valence-corrected chi connectivity index (χ0v) is 14.9. The fraction of sp³-hybridized carbons (Fsp3) is 0.0952. The Morgan fingerprint density at radius 1 is 1.11 bits per heavy atom. The number of hydrogen-bond donors (Lipinski definition) is 1. The summed E-state index contributed by atoms with van der Waals surface area (Å²) in [6.45, 7) is 0.478. The van der Waals surface area contributed by atoms with E-state index in [2.05, 4.69) is 15.4 Å². The first kappa shape index (κ1) is 17.7. The van der Waals surface area contributed by atoms with Gasteiger partial charge in [-0.05, 0) is 35.9 Å². The molecule has 0 bridgehead atoms. The Kier molecular flexibility index (Phi) is 4.97. The second kappa shape index (κ2) is 7.87. The second-order valence-corrected chi connectivity index (χ2v) is 6.19. The highest BCUT2D eigenvalue weighted by Crippen LogP contribution is 2.16. The van der Waals surface area contributed by atoms with Crippen LogP contribution in [0.4, 0.5) is 4.39 Å².